The minimum absolute atomic E-state index is 0.448. The van der Waals surface area contributed by atoms with Crippen molar-refractivity contribution in [3.8, 4) is 44.5 Å². The van der Waals surface area contributed by atoms with Gasteiger partial charge in [-0.2, -0.15) is 0 Å². The highest BCUT2D eigenvalue weighted by Gasteiger charge is 2.25. The van der Waals surface area contributed by atoms with Crippen molar-refractivity contribution in [2.45, 2.75) is 143 Å². The number of allylic oxidation sites excluding steroid dienone is 8. The summed E-state index contributed by atoms with van der Waals surface area (Å²) in [6, 6.07) is 59.2. The molecule has 0 spiro atoms. The molecule has 9 rings (SSSR count). The van der Waals surface area contributed by atoms with E-state index in [1.165, 1.54) is 100 Å². The predicted octanol–water partition coefficient (Wildman–Crippen LogP) is 22.6. The van der Waals surface area contributed by atoms with E-state index in [-0.39, 0.29) is 0 Å². The molecule has 1 atom stereocenters. The van der Waals surface area contributed by atoms with Crippen LogP contribution in [0.3, 0.4) is 0 Å². The molecule has 0 saturated carbocycles. The Morgan fingerprint density at radius 3 is 1.36 bits per heavy atom. The first-order valence-electron chi connectivity index (χ1n) is 27.4. The Labute approximate surface area is 440 Å². The van der Waals surface area contributed by atoms with E-state index in [9.17, 15) is 0 Å². The third kappa shape index (κ3) is 15.7. The lowest BCUT2D eigenvalue weighted by Gasteiger charge is -2.31. The maximum absolute atomic E-state index is 2.58. The minimum atomic E-state index is 0.448. The fourth-order valence-corrected chi connectivity index (χ4v) is 9.48. The molecule has 0 nitrogen and oxygen atoms in total. The van der Waals surface area contributed by atoms with Gasteiger partial charge in [-0.15, -0.1) is 0 Å². The maximum Gasteiger partial charge on any atom is 0.00237 e. The molecule has 7 aromatic rings. The normalized spacial score (nSPS) is 13.3. The minimum Gasteiger partial charge on any atom is -0.0812 e. The van der Waals surface area contributed by atoms with E-state index < -0.39 is 0 Å². The van der Waals surface area contributed by atoms with Gasteiger partial charge in [0, 0.05) is 5.92 Å². The number of rotatable bonds is 8. The van der Waals surface area contributed by atoms with Crippen LogP contribution in [0, 0.1) is 40.5 Å². The second-order valence-electron chi connectivity index (χ2n) is 17.5. The van der Waals surface area contributed by atoms with E-state index in [0.717, 1.165) is 25.7 Å². The van der Waals surface area contributed by atoms with E-state index in [0.29, 0.717) is 5.92 Å². The van der Waals surface area contributed by atoms with Gasteiger partial charge in [-0.3, -0.25) is 0 Å². The van der Waals surface area contributed by atoms with E-state index in [4.69, 9.17) is 0 Å². The third-order valence-electron chi connectivity index (χ3n) is 13.3. The fraction of sp³-hybridized carbons (Fsp3) is 0.306. The van der Waals surface area contributed by atoms with Crippen LogP contribution in [0.2, 0.25) is 0 Å². The summed E-state index contributed by atoms with van der Waals surface area (Å²) in [6.07, 6.45) is 11.8. The summed E-state index contributed by atoms with van der Waals surface area (Å²) in [5.74, 6) is 0.448. The van der Waals surface area contributed by atoms with Crippen molar-refractivity contribution in [2.24, 2.45) is 5.92 Å². The third-order valence-corrected chi connectivity index (χ3v) is 13.3. The molecule has 1 unspecified atom stereocenters. The first kappa shape index (κ1) is 59.8. The second kappa shape index (κ2) is 31.8. The lowest BCUT2D eigenvalue weighted by Crippen LogP contribution is -2.13. The van der Waals surface area contributed by atoms with Crippen LogP contribution in [0.5, 0.6) is 0 Å². The first-order chi connectivity index (χ1) is 35.1. The molecule has 0 aliphatic heterocycles. The Morgan fingerprint density at radius 2 is 0.861 bits per heavy atom. The van der Waals surface area contributed by atoms with Gasteiger partial charge in [-0.1, -0.05) is 262 Å². The van der Waals surface area contributed by atoms with Crippen LogP contribution >= 0.6 is 0 Å². The topological polar surface area (TPSA) is 0 Å². The average molecular weight is 956 g/mol. The molecular weight excluding hydrogens is 865 g/mol. The molecule has 2 aliphatic rings. The quantitative estimate of drug-likeness (QED) is 0.133. The lowest BCUT2D eigenvalue weighted by atomic mass is 9.74. The maximum atomic E-state index is 2.58. The van der Waals surface area contributed by atoms with Gasteiger partial charge in [0.2, 0.25) is 0 Å². The zero-order chi connectivity index (χ0) is 53.2. The Morgan fingerprint density at radius 1 is 0.431 bits per heavy atom. The molecule has 2 aliphatic carbocycles. The molecule has 0 saturated heterocycles. The van der Waals surface area contributed by atoms with Crippen molar-refractivity contribution < 1.29 is 0 Å². The van der Waals surface area contributed by atoms with Crippen LogP contribution in [0.15, 0.2) is 199 Å². The largest absolute Gasteiger partial charge is 0.0812 e. The van der Waals surface area contributed by atoms with Gasteiger partial charge in [0.15, 0.2) is 0 Å². The summed E-state index contributed by atoms with van der Waals surface area (Å²) in [7, 11) is 0. The van der Waals surface area contributed by atoms with Crippen molar-refractivity contribution in [1.82, 2.24) is 0 Å². The summed E-state index contributed by atoms with van der Waals surface area (Å²) in [5, 5.41) is 0. The molecule has 0 heterocycles. The molecule has 0 bridgehead atoms. The molecule has 72 heavy (non-hydrogen) atoms. The summed E-state index contributed by atoms with van der Waals surface area (Å²) >= 11 is 0. The highest BCUT2D eigenvalue weighted by molar-refractivity contribution is 5.80. The highest BCUT2D eigenvalue weighted by Crippen LogP contribution is 2.43. The first-order valence-corrected chi connectivity index (χ1v) is 27.4. The smallest absolute Gasteiger partial charge is 0.00237 e. The Hall–Kier alpha value is -6.50. The zero-order valence-corrected chi connectivity index (χ0v) is 47.7. The van der Waals surface area contributed by atoms with Crippen molar-refractivity contribution in [2.75, 3.05) is 0 Å². The van der Waals surface area contributed by atoms with Crippen LogP contribution in [0.4, 0.5) is 0 Å². The van der Waals surface area contributed by atoms with Crippen LogP contribution in [-0.2, 0) is 0 Å². The monoisotopic (exact) mass is 955 g/mol. The lowest BCUT2D eigenvalue weighted by molar-refractivity contribution is 0.699. The van der Waals surface area contributed by atoms with Crippen molar-refractivity contribution in [1.29, 1.82) is 0 Å². The fourth-order valence-electron chi connectivity index (χ4n) is 9.48. The molecular formula is C72H90. The van der Waals surface area contributed by atoms with Crippen LogP contribution in [0.25, 0.3) is 55.7 Å². The van der Waals surface area contributed by atoms with Crippen LogP contribution in [0.1, 0.15) is 148 Å². The number of hydrogen-bond donors (Lipinski definition) is 0. The van der Waals surface area contributed by atoms with E-state index >= 15 is 0 Å². The molecule has 0 N–H and O–H groups in total. The number of aryl methyl sites for hydroxylation is 3. The van der Waals surface area contributed by atoms with Gasteiger partial charge in [0.05, 0.1) is 0 Å². The molecule has 0 fully saturated rings. The average Bonchev–Trinajstić information content (AvgIpc) is 3.45. The van der Waals surface area contributed by atoms with Gasteiger partial charge in [0.1, 0.15) is 0 Å². The zero-order valence-electron chi connectivity index (χ0n) is 47.7. The molecule has 378 valence electrons. The van der Waals surface area contributed by atoms with Crippen molar-refractivity contribution in [3.63, 3.8) is 0 Å². The van der Waals surface area contributed by atoms with Crippen LogP contribution in [-0.4, -0.2) is 0 Å². The summed E-state index contributed by atoms with van der Waals surface area (Å²) in [5.41, 5.74) is 27.5. The van der Waals surface area contributed by atoms with Crippen molar-refractivity contribution >= 4 is 11.1 Å². The van der Waals surface area contributed by atoms with E-state index in [2.05, 4.69) is 230 Å². The van der Waals surface area contributed by atoms with Gasteiger partial charge >= 0.3 is 0 Å². The molecule has 0 aromatic heterocycles. The second-order valence-corrected chi connectivity index (χ2v) is 17.5. The standard InChI is InChI=1S/C40H38.C22H22.5C2H6/c1-28-14-17-36-25-38(34-22-20-33(21-23-34)31-10-6-4-7-11-31)26-37(40(36)24-28)19-16-30(3)39-27-35(18-15-29(39)2)32-12-8-5-9-13-32;1-15-9-5-7-11-19(15)21-13-14-22(18(4)17(21)3)20-12-8-6-10-16(20)2;5*1-2/h4-16,18,20-23,26-27,37H,17,19,24-25H2,1-3H3;5-14H,1-4H3;5*1-2H3/b30-16-;;;;;;. The van der Waals surface area contributed by atoms with Gasteiger partial charge in [0.25, 0.3) is 0 Å². The van der Waals surface area contributed by atoms with E-state index in [1.807, 2.05) is 69.2 Å². The Balaban J connectivity index is 0.000000362. The Bertz CT molecular complexity index is 2750. The molecule has 7 aromatic carbocycles. The van der Waals surface area contributed by atoms with Gasteiger partial charge in [-0.25, -0.2) is 0 Å². The van der Waals surface area contributed by atoms with Crippen molar-refractivity contribution in [3.05, 3.63) is 238 Å². The number of hydrogen-bond acceptors (Lipinski definition) is 0. The Kier molecular flexibility index (Phi) is 26.4. The summed E-state index contributed by atoms with van der Waals surface area (Å²) < 4.78 is 0. The predicted molar refractivity (Wildman–Crippen MR) is 326 cm³/mol. The summed E-state index contributed by atoms with van der Waals surface area (Å²) in [6.45, 7) is 35.6. The van der Waals surface area contributed by atoms with Gasteiger partial charge < -0.3 is 0 Å². The van der Waals surface area contributed by atoms with E-state index in [1.54, 1.807) is 11.1 Å². The molecule has 0 radical (unpaired) electrons. The van der Waals surface area contributed by atoms with Crippen LogP contribution < -0.4 is 0 Å². The molecule has 0 heteroatoms. The molecule has 0 amide bonds. The highest BCUT2D eigenvalue weighted by atomic mass is 14.3. The summed E-state index contributed by atoms with van der Waals surface area (Å²) in [4.78, 5) is 0. The SMILES string of the molecule is CC.CC.CC.CC.CC.CC1=CCC2=C(C1)C(C/C=C(/C)c1cc(-c3ccccc3)ccc1C)C=C(c1ccc(-c3ccccc3)cc1)C2.Cc1ccccc1-c1ccc(-c2ccccc2C)c(C)c1C. The number of benzene rings is 7. The van der Waals surface area contributed by atoms with Gasteiger partial charge in [-0.05, 0) is 175 Å².